The minimum atomic E-state index is 0.544. The summed E-state index contributed by atoms with van der Waals surface area (Å²) in [6.07, 6.45) is 0. The number of rotatable bonds is 5. The van der Waals surface area contributed by atoms with Crippen molar-refractivity contribution >= 4 is 55.0 Å². The van der Waals surface area contributed by atoms with Gasteiger partial charge in [-0.25, -0.2) is 0 Å². The third-order valence-electron chi connectivity index (χ3n) is 1.77. The summed E-state index contributed by atoms with van der Waals surface area (Å²) in [6, 6.07) is 21.5. The number of benzene rings is 2. The molecule has 0 spiro atoms. The molecule has 0 unspecified atom stereocenters. The van der Waals surface area contributed by atoms with Crippen LogP contribution in [0.4, 0.5) is 0 Å². The van der Waals surface area contributed by atoms with Crippen LogP contribution in [0, 0.1) is 0 Å². The van der Waals surface area contributed by atoms with Crippen LogP contribution < -0.4 is 8.92 Å². The molecule has 0 aliphatic heterocycles. The SMILES string of the molecule is c1ccc([Se]SS[Se]c2ccccc2)cc1. The molecule has 0 aliphatic rings. The van der Waals surface area contributed by atoms with Gasteiger partial charge in [0, 0.05) is 0 Å². The fraction of sp³-hybridized carbons (Fsp3) is 0. The van der Waals surface area contributed by atoms with Crippen molar-refractivity contribution in [3.05, 3.63) is 60.7 Å². The fourth-order valence-corrected chi connectivity index (χ4v) is 13.7. The van der Waals surface area contributed by atoms with E-state index in [9.17, 15) is 0 Å². The van der Waals surface area contributed by atoms with Gasteiger partial charge < -0.3 is 0 Å². The molecule has 0 amide bonds. The quantitative estimate of drug-likeness (QED) is 0.446. The van der Waals surface area contributed by atoms with Crippen molar-refractivity contribution in [2.45, 2.75) is 0 Å². The first-order valence-corrected chi connectivity index (χ1v) is 12.6. The van der Waals surface area contributed by atoms with Crippen LogP contribution in [0.25, 0.3) is 0 Å². The Kier molecular flexibility index (Phi) is 5.92. The van der Waals surface area contributed by atoms with Gasteiger partial charge in [0.15, 0.2) is 0 Å². The zero-order chi connectivity index (χ0) is 11.1. The molecule has 2 aromatic carbocycles. The standard InChI is InChI=1S/C12H10S2Se2/c1-3-7-11(8-4-1)15-13-14-16-12-9-5-2-6-10-12/h1-10H. The summed E-state index contributed by atoms with van der Waals surface area (Å²) >= 11 is 1.09. The molecule has 2 aromatic rings. The van der Waals surface area contributed by atoms with E-state index < -0.39 is 0 Å². The maximum absolute atomic E-state index is 2.21. The van der Waals surface area contributed by atoms with Gasteiger partial charge in [0.1, 0.15) is 0 Å². The molecule has 0 fully saturated rings. The van der Waals surface area contributed by atoms with Crippen molar-refractivity contribution < 1.29 is 0 Å². The Morgan fingerprint density at radius 3 is 1.31 bits per heavy atom. The molecule has 2 rings (SSSR count). The average molecular weight is 376 g/mol. The summed E-state index contributed by atoms with van der Waals surface area (Å²) in [6.45, 7) is 0. The van der Waals surface area contributed by atoms with Gasteiger partial charge in [-0.05, 0) is 0 Å². The van der Waals surface area contributed by atoms with Crippen molar-refractivity contribution in [3.63, 3.8) is 0 Å². The zero-order valence-corrected chi connectivity index (χ0v) is 13.5. The average Bonchev–Trinajstić information content (AvgIpc) is 2.37. The summed E-state index contributed by atoms with van der Waals surface area (Å²) in [5.41, 5.74) is 0. The first-order chi connectivity index (χ1) is 7.95. The van der Waals surface area contributed by atoms with Crippen molar-refractivity contribution in [3.8, 4) is 0 Å². The van der Waals surface area contributed by atoms with Gasteiger partial charge in [-0.2, -0.15) is 0 Å². The van der Waals surface area contributed by atoms with Gasteiger partial charge >= 0.3 is 116 Å². The molecular formula is C12H10S2Se2. The Morgan fingerprint density at radius 2 is 0.938 bits per heavy atom. The first-order valence-electron chi connectivity index (χ1n) is 4.73. The molecule has 0 aromatic heterocycles. The Bertz CT molecular complexity index is 364. The molecular weight excluding hydrogens is 366 g/mol. The van der Waals surface area contributed by atoms with E-state index in [1.807, 2.05) is 18.4 Å². The van der Waals surface area contributed by atoms with E-state index in [2.05, 4.69) is 60.7 Å². The van der Waals surface area contributed by atoms with Crippen LogP contribution in [0.2, 0.25) is 0 Å². The molecule has 0 N–H and O–H groups in total. The summed E-state index contributed by atoms with van der Waals surface area (Å²) in [5.74, 6) is 0. The molecule has 0 bridgehead atoms. The summed E-state index contributed by atoms with van der Waals surface area (Å²) in [5, 5.41) is 0. The van der Waals surface area contributed by atoms with Crippen LogP contribution in [0.5, 0.6) is 0 Å². The van der Waals surface area contributed by atoms with Crippen molar-refractivity contribution in [2.24, 2.45) is 0 Å². The Labute approximate surface area is 115 Å². The van der Waals surface area contributed by atoms with Crippen molar-refractivity contribution in [1.82, 2.24) is 0 Å². The monoisotopic (exact) mass is 378 g/mol. The minimum absolute atomic E-state index is 0.544. The Balaban J connectivity index is 1.70. The van der Waals surface area contributed by atoms with Gasteiger partial charge in [0.2, 0.25) is 0 Å². The van der Waals surface area contributed by atoms with Crippen molar-refractivity contribution in [2.75, 3.05) is 0 Å². The second-order valence-electron chi connectivity index (χ2n) is 2.93. The van der Waals surface area contributed by atoms with E-state index in [-0.39, 0.29) is 0 Å². The maximum atomic E-state index is 2.21. The van der Waals surface area contributed by atoms with Crippen molar-refractivity contribution in [1.29, 1.82) is 0 Å². The third kappa shape index (κ3) is 4.58. The van der Waals surface area contributed by atoms with Gasteiger partial charge in [-0.3, -0.25) is 0 Å². The van der Waals surface area contributed by atoms with Crippen LogP contribution in [0.1, 0.15) is 0 Å². The third-order valence-corrected chi connectivity index (χ3v) is 15.6. The van der Waals surface area contributed by atoms with E-state index in [1.165, 1.54) is 8.92 Å². The Morgan fingerprint density at radius 1 is 0.562 bits per heavy atom. The second kappa shape index (κ2) is 7.49. The van der Waals surface area contributed by atoms with E-state index in [0.29, 0.717) is 27.7 Å². The van der Waals surface area contributed by atoms with E-state index in [0.717, 1.165) is 0 Å². The molecule has 0 radical (unpaired) electrons. The van der Waals surface area contributed by atoms with Crippen LogP contribution in [-0.2, 0) is 0 Å². The summed E-state index contributed by atoms with van der Waals surface area (Å²) < 4.78 is 2.94. The molecule has 16 heavy (non-hydrogen) atoms. The zero-order valence-electron chi connectivity index (χ0n) is 8.41. The first kappa shape index (κ1) is 12.6. The molecule has 0 aliphatic carbocycles. The molecule has 0 atom stereocenters. The van der Waals surface area contributed by atoms with Gasteiger partial charge in [-0.15, -0.1) is 0 Å². The molecule has 82 valence electrons. The van der Waals surface area contributed by atoms with Crippen LogP contribution >= 0.6 is 18.4 Å². The van der Waals surface area contributed by atoms with Crippen LogP contribution in [0.3, 0.4) is 0 Å². The normalized spacial score (nSPS) is 10.2. The Hall–Kier alpha value is 0.179. The van der Waals surface area contributed by atoms with Crippen LogP contribution in [-0.4, -0.2) is 27.7 Å². The predicted molar refractivity (Wildman–Crippen MR) is 78.8 cm³/mol. The topological polar surface area (TPSA) is 0 Å². The predicted octanol–water partition coefficient (Wildman–Crippen LogP) is 2.26. The number of hydrogen-bond donors (Lipinski definition) is 0. The van der Waals surface area contributed by atoms with E-state index >= 15 is 0 Å². The van der Waals surface area contributed by atoms with Gasteiger partial charge in [0.05, 0.1) is 0 Å². The van der Waals surface area contributed by atoms with E-state index in [4.69, 9.17) is 0 Å². The molecule has 0 nitrogen and oxygen atoms in total. The van der Waals surface area contributed by atoms with Crippen LogP contribution in [0.15, 0.2) is 60.7 Å². The molecule has 0 heterocycles. The molecule has 0 saturated heterocycles. The fourth-order valence-electron chi connectivity index (χ4n) is 1.06. The van der Waals surface area contributed by atoms with Gasteiger partial charge in [-0.1, -0.05) is 0 Å². The summed E-state index contributed by atoms with van der Waals surface area (Å²) in [7, 11) is 4.02. The molecule has 0 saturated carbocycles. The molecule has 4 heteroatoms. The van der Waals surface area contributed by atoms with E-state index in [1.54, 1.807) is 0 Å². The van der Waals surface area contributed by atoms with Gasteiger partial charge in [0.25, 0.3) is 0 Å². The number of hydrogen-bond acceptors (Lipinski definition) is 2. The second-order valence-corrected chi connectivity index (χ2v) is 13.6. The summed E-state index contributed by atoms with van der Waals surface area (Å²) in [4.78, 5) is 0.